The van der Waals surface area contributed by atoms with Crippen LogP contribution in [0.25, 0.3) is 11.1 Å². The Morgan fingerprint density at radius 2 is 1.72 bits per heavy atom. The fraction of sp³-hybridized carbons (Fsp3) is 0.375. The first-order valence-electron chi connectivity index (χ1n) is 10.6. The molecule has 1 fully saturated rings. The molecule has 2 aliphatic rings. The molecular weight excluding hydrogens is 412 g/mol. The number of rotatable bonds is 7. The predicted octanol–water partition coefficient (Wildman–Crippen LogP) is 2.52. The molecule has 2 unspecified atom stereocenters. The number of ether oxygens (including phenoxy) is 2. The van der Waals surface area contributed by atoms with Gasteiger partial charge in [-0.2, -0.15) is 0 Å². The number of carbonyl (C=O) groups excluding carboxylic acids is 2. The zero-order valence-electron chi connectivity index (χ0n) is 17.8. The summed E-state index contributed by atoms with van der Waals surface area (Å²) in [5.74, 6) is -1.41. The third kappa shape index (κ3) is 4.18. The molecule has 4 rings (SSSR count). The van der Waals surface area contributed by atoms with E-state index in [4.69, 9.17) is 9.47 Å². The van der Waals surface area contributed by atoms with Crippen molar-refractivity contribution in [2.24, 2.45) is 5.41 Å². The molecule has 32 heavy (non-hydrogen) atoms. The van der Waals surface area contributed by atoms with E-state index in [9.17, 15) is 19.5 Å². The maximum atomic E-state index is 12.2. The lowest BCUT2D eigenvalue weighted by Gasteiger charge is -2.25. The maximum absolute atomic E-state index is 12.2. The Bertz CT molecular complexity index is 993. The molecule has 2 aromatic carbocycles. The highest BCUT2D eigenvalue weighted by molar-refractivity contribution is 5.81. The molecule has 2 amide bonds. The highest BCUT2D eigenvalue weighted by atomic mass is 16.5. The number of alkyl carbamates (subject to hydrolysis) is 1. The largest absolute Gasteiger partial charge is 0.481 e. The number of hydrogen-bond acceptors (Lipinski definition) is 5. The van der Waals surface area contributed by atoms with Crippen LogP contribution in [-0.2, 0) is 19.1 Å². The first-order chi connectivity index (χ1) is 15.4. The van der Waals surface area contributed by atoms with E-state index in [0.717, 1.165) is 22.3 Å². The minimum Gasteiger partial charge on any atom is -0.481 e. The lowest BCUT2D eigenvalue weighted by Crippen LogP contribution is -2.50. The fourth-order valence-electron chi connectivity index (χ4n) is 4.28. The van der Waals surface area contributed by atoms with Gasteiger partial charge in [-0.05, 0) is 29.2 Å². The highest BCUT2D eigenvalue weighted by Gasteiger charge is 2.47. The summed E-state index contributed by atoms with van der Waals surface area (Å²) in [7, 11) is 0. The number of carboxylic acids is 1. The summed E-state index contributed by atoms with van der Waals surface area (Å²) in [5.41, 5.74) is 3.40. The second-order valence-corrected chi connectivity index (χ2v) is 8.36. The lowest BCUT2D eigenvalue weighted by atomic mass is 9.85. The van der Waals surface area contributed by atoms with Crippen molar-refractivity contribution in [2.75, 3.05) is 26.4 Å². The minimum atomic E-state index is -1.16. The first kappa shape index (κ1) is 21.8. The van der Waals surface area contributed by atoms with Crippen LogP contribution < -0.4 is 10.6 Å². The van der Waals surface area contributed by atoms with Crippen LogP contribution in [-0.4, -0.2) is 55.5 Å². The molecule has 1 heterocycles. The van der Waals surface area contributed by atoms with E-state index >= 15 is 0 Å². The summed E-state index contributed by atoms with van der Waals surface area (Å²) in [6.45, 7) is 2.02. The van der Waals surface area contributed by atoms with Crippen LogP contribution in [0.5, 0.6) is 0 Å². The predicted molar refractivity (Wildman–Crippen MR) is 116 cm³/mol. The number of carbonyl (C=O) groups is 3. The third-order valence-electron chi connectivity index (χ3n) is 6.24. The monoisotopic (exact) mass is 438 g/mol. The molecular formula is C24H26N2O6. The van der Waals surface area contributed by atoms with Gasteiger partial charge in [-0.1, -0.05) is 48.5 Å². The van der Waals surface area contributed by atoms with Gasteiger partial charge in [0.1, 0.15) is 12.0 Å². The molecule has 3 N–H and O–H groups in total. The molecule has 8 nitrogen and oxygen atoms in total. The summed E-state index contributed by atoms with van der Waals surface area (Å²) < 4.78 is 10.7. The van der Waals surface area contributed by atoms with Gasteiger partial charge in [-0.15, -0.1) is 0 Å². The SMILES string of the molecule is CC1(C(=O)O)COCC1NC(=O)CCNC(=O)OCC1c2ccccc2-c2ccccc21. The van der Waals surface area contributed by atoms with Crippen molar-refractivity contribution < 1.29 is 29.0 Å². The van der Waals surface area contributed by atoms with Gasteiger partial charge in [0.25, 0.3) is 0 Å². The number of amides is 2. The van der Waals surface area contributed by atoms with Gasteiger partial charge >= 0.3 is 12.1 Å². The van der Waals surface area contributed by atoms with Crippen LogP contribution in [0, 0.1) is 5.41 Å². The van der Waals surface area contributed by atoms with Crippen molar-refractivity contribution in [2.45, 2.75) is 25.3 Å². The van der Waals surface area contributed by atoms with Crippen molar-refractivity contribution in [3.05, 3.63) is 59.7 Å². The Balaban J connectivity index is 1.25. The Morgan fingerprint density at radius 1 is 1.09 bits per heavy atom. The Hall–Kier alpha value is -3.39. The van der Waals surface area contributed by atoms with E-state index in [2.05, 4.69) is 22.8 Å². The molecule has 0 bridgehead atoms. The van der Waals surface area contributed by atoms with Crippen LogP contribution in [0.3, 0.4) is 0 Å². The number of aliphatic carboxylic acids is 1. The van der Waals surface area contributed by atoms with Gasteiger partial charge in [0, 0.05) is 18.9 Å². The van der Waals surface area contributed by atoms with E-state index in [1.165, 1.54) is 0 Å². The van der Waals surface area contributed by atoms with Crippen LogP contribution in [0.2, 0.25) is 0 Å². The van der Waals surface area contributed by atoms with Crippen LogP contribution in [0.4, 0.5) is 4.79 Å². The molecule has 0 spiro atoms. The van der Waals surface area contributed by atoms with Gasteiger partial charge < -0.3 is 25.2 Å². The van der Waals surface area contributed by atoms with Gasteiger partial charge in [0.05, 0.1) is 19.3 Å². The van der Waals surface area contributed by atoms with Crippen molar-refractivity contribution >= 4 is 18.0 Å². The van der Waals surface area contributed by atoms with E-state index in [1.54, 1.807) is 6.92 Å². The zero-order chi connectivity index (χ0) is 22.7. The van der Waals surface area contributed by atoms with Crippen LogP contribution in [0.15, 0.2) is 48.5 Å². The van der Waals surface area contributed by atoms with Crippen molar-refractivity contribution in [3.8, 4) is 11.1 Å². The standard InChI is InChI=1S/C24H26N2O6/c1-24(22(28)29)14-31-13-20(24)26-21(27)10-11-25-23(30)32-12-19-17-8-4-2-6-15(17)16-7-3-5-9-18(16)19/h2-9,19-20H,10-14H2,1H3,(H,25,30)(H,26,27)(H,28,29). The smallest absolute Gasteiger partial charge is 0.407 e. The molecule has 8 heteroatoms. The Kier molecular flexibility index (Phi) is 6.14. The molecule has 0 saturated carbocycles. The average molecular weight is 438 g/mol. The molecule has 1 aliphatic heterocycles. The van der Waals surface area contributed by atoms with Gasteiger partial charge in [0.2, 0.25) is 5.91 Å². The Labute approximate surface area is 185 Å². The van der Waals surface area contributed by atoms with E-state index in [0.29, 0.717) is 0 Å². The number of carboxylic acid groups (broad SMARTS) is 1. The van der Waals surface area contributed by atoms with E-state index in [1.807, 2.05) is 36.4 Å². The summed E-state index contributed by atoms with van der Waals surface area (Å²) in [4.78, 5) is 35.8. The fourth-order valence-corrected chi connectivity index (χ4v) is 4.28. The third-order valence-corrected chi connectivity index (χ3v) is 6.24. The second-order valence-electron chi connectivity index (χ2n) is 8.36. The first-order valence-corrected chi connectivity index (χ1v) is 10.6. The average Bonchev–Trinajstić information content (AvgIpc) is 3.31. The Morgan fingerprint density at radius 3 is 2.34 bits per heavy atom. The highest BCUT2D eigenvalue weighted by Crippen LogP contribution is 2.44. The second kappa shape index (κ2) is 9.00. The molecule has 0 radical (unpaired) electrons. The summed E-state index contributed by atoms with van der Waals surface area (Å²) in [5, 5.41) is 14.6. The zero-order valence-corrected chi connectivity index (χ0v) is 17.8. The van der Waals surface area contributed by atoms with Crippen molar-refractivity contribution in [3.63, 3.8) is 0 Å². The van der Waals surface area contributed by atoms with Crippen molar-refractivity contribution in [1.29, 1.82) is 0 Å². The van der Waals surface area contributed by atoms with Gasteiger partial charge in [-0.3, -0.25) is 9.59 Å². The topological polar surface area (TPSA) is 114 Å². The minimum absolute atomic E-state index is 0.0103. The summed E-state index contributed by atoms with van der Waals surface area (Å²) >= 11 is 0. The molecule has 1 aliphatic carbocycles. The van der Waals surface area contributed by atoms with Gasteiger partial charge in [-0.25, -0.2) is 4.79 Å². The number of benzene rings is 2. The lowest BCUT2D eigenvalue weighted by molar-refractivity contribution is -0.149. The molecule has 2 atom stereocenters. The van der Waals surface area contributed by atoms with Crippen LogP contribution in [0.1, 0.15) is 30.4 Å². The van der Waals surface area contributed by atoms with Crippen LogP contribution >= 0.6 is 0 Å². The summed E-state index contributed by atoms with van der Waals surface area (Å²) in [6, 6.07) is 15.5. The normalized spacial score (nSPS) is 21.5. The molecule has 0 aromatic heterocycles. The molecule has 168 valence electrons. The van der Waals surface area contributed by atoms with Gasteiger partial charge in [0.15, 0.2) is 0 Å². The molecule has 1 saturated heterocycles. The number of hydrogen-bond donors (Lipinski definition) is 3. The summed E-state index contributed by atoms with van der Waals surface area (Å²) in [6.07, 6.45) is -0.588. The molecule has 2 aromatic rings. The number of fused-ring (bicyclic) bond motifs is 3. The maximum Gasteiger partial charge on any atom is 0.407 e. The van der Waals surface area contributed by atoms with E-state index in [-0.39, 0.29) is 44.6 Å². The van der Waals surface area contributed by atoms with Crippen molar-refractivity contribution in [1.82, 2.24) is 10.6 Å². The number of nitrogens with one attached hydrogen (secondary N) is 2. The van der Waals surface area contributed by atoms with E-state index < -0.39 is 23.5 Å². The quantitative estimate of drug-likeness (QED) is 0.612.